The van der Waals surface area contributed by atoms with E-state index in [4.69, 9.17) is 34.8 Å². The Kier molecular flexibility index (Phi) is 9.84. The number of hydrogen-bond acceptors (Lipinski definition) is 4. The zero-order valence-electron chi connectivity index (χ0n) is 20.2. The van der Waals surface area contributed by atoms with Gasteiger partial charge < -0.3 is 10.2 Å². The average Bonchev–Trinajstić information content (AvgIpc) is 2.88. The number of hydrogen-bond donors (Lipinski definition) is 1. The first-order chi connectivity index (χ1) is 17.6. The lowest BCUT2D eigenvalue weighted by molar-refractivity contribution is -0.140. The fraction of sp³-hybridized carbons (Fsp3) is 0.231. The molecule has 11 heteroatoms. The topological polar surface area (TPSA) is 86.8 Å². The van der Waals surface area contributed by atoms with E-state index >= 15 is 0 Å². The number of anilines is 1. The number of rotatable bonds is 10. The van der Waals surface area contributed by atoms with Crippen molar-refractivity contribution in [1.29, 1.82) is 0 Å². The molecule has 3 aromatic rings. The van der Waals surface area contributed by atoms with Crippen LogP contribution in [0.4, 0.5) is 5.69 Å². The van der Waals surface area contributed by atoms with Crippen molar-refractivity contribution >= 4 is 62.3 Å². The molecule has 0 heterocycles. The monoisotopic (exact) mass is 581 g/mol. The fourth-order valence-electron chi connectivity index (χ4n) is 3.82. The summed E-state index contributed by atoms with van der Waals surface area (Å²) < 4.78 is 28.4. The second kappa shape index (κ2) is 12.6. The Morgan fingerprint density at radius 1 is 0.919 bits per heavy atom. The second-order valence-electron chi connectivity index (χ2n) is 8.06. The summed E-state index contributed by atoms with van der Waals surface area (Å²) >= 11 is 18.9. The Labute approximate surface area is 232 Å². The Morgan fingerprint density at radius 3 is 2.11 bits per heavy atom. The van der Waals surface area contributed by atoms with Crippen molar-refractivity contribution in [3.63, 3.8) is 0 Å². The van der Waals surface area contributed by atoms with E-state index < -0.39 is 34.4 Å². The molecule has 0 fully saturated rings. The van der Waals surface area contributed by atoms with E-state index in [1.807, 2.05) is 0 Å². The number of amides is 2. The van der Waals surface area contributed by atoms with Crippen molar-refractivity contribution in [2.75, 3.05) is 17.9 Å². The molecule has 0 saturated heterocycles. The first-order valence-corrected chi connectivity index (χ1v) is 13.9. The number of carbonyl (C=O) groups excluding carboxylic acids is 2. The minimum atomic E-state index is -4.17. The summed E-state index contributed by atoms with van der Waals surface area (Å²) in [4.78, 5) is 27.9. The number of halogens is 3. The Hall–Kier alpha value is -2.78. The van der Waals surface area contributed by atoms with Gasteiger partial charge in [0.25, 0.3) is 10.0 Å². The van der Waals surface area contributed by atoms with Crippen molar-refractivity contribution in [3.05, 3.63) is 93.4 Å². The molecule has 0 spiro atoms. The van der Waals surface area contributed by atoms with Crippen LogP contribution in [-0.4, -0.2) is 44.8 Å². The largest absolute Gasteiger partial charge is 0.357 e. The molecule has 196 valence electrons. The molecule has 2 amide bonds. The molecule has 0 radical (unpaired) electrons. The van der Waals surface area contributed by atoms with Gasteiger partial charge in [-0.3, -0.25) is 13.9 Å². The van der Waals surface area contributed by atoms with Crippen molar-refractivity contribution in [3.8, 4) is 0 Å². The molecule has 0 aliphatic rings. The number of sulfonamides is 1. The maximum absolute atomic E-state index is 13.9. The molecule has 0 aliphatic carbocycles. The summed E-state index contributed by atoms with van der Waals surface area (Å²) in [6.45, 7) is 1.06. The molecule has 0 unspecified atom stereocenters. The van der Waals surface area contributed by atoms with Crippen LogP contribution >= 0.6 is 34.8 Å². The Morgan fingerprint density at radius 2 is 1.54 bits per heavy atom. The summed E-state index contributed by atoms with van der Waals surface area (Å²) in [6, 6.07) is 18.0. The van der Waals surface area contributed by atoms with Gasteiger partial charge in [0.05, 0.1) is 10.6 Å². The van der Waals surface area contributed by atoms with Crippen LogP contribution in [0.2, 0.25) is 15.1 Å². The van der Waals surface area contributed by atoms with Gasteiger partial charge in [-0.2, -0.15) is 0 Å². The van der Waals surface area contributed by atoms with Gasteiger partial charge in [-0.1, -0.05) is 72.1 Å². The van der Waals surface area contributed by atoms with Gasteiger partial charge in [-0.05, 0) is 48.9 Å². The maximum atomic E-state index is 13.9. The molecule has 1 N–H and O–H groups in total. The molecule has 0 aromatic heterocycles. The van der Waals surface area contributed by atoms with Crippen molar-refractivity contribution in [2.45, 2.75) is 30.8 Å². The normalized spacial score (nSPS) is 12.0. The minimum absolute atomic E-state index is 0.00168. The third kappa shape index (κ3) is 6.76. The smallest absolute Gasteiger partial charge is 0.264 e. The molecular weight excluding hydrogens is 557 g/mol. The average molecular weight is 583 g/mol. The first kappa shape index (κ1) is 28.8. The molecular formula is C26H26Cl3N3O4S. The van der Waals surface area contributed by atoms with E-state index in [9.17, 15) is 18.0 Å². The first-order valence-electron chi connectivity index (χ1n) is 11.4. The van der Waals surface area contributed by atoms with Gasteiger partial charge in [0, 0.05) is 34.2 Å². The minimum Gasteiger partial charge on any atom is -0.357 e. The standard InChI is InChI=1S/C26H26Cl3N3O4S/c1-3-24(26(34)30-2)31(16-21-22(28)13-8-14-23(21)29)25(33)17-32(19-10-7-9-18(27)15-19)37(35,36)20-11-5-4-6-12-20/h4-15,24H,3,16-17H2,1-2H3,(H,30,34)/t24-/m1/s1. The van der Waals surface area contributed by atoms with Crippen LogP contribution < -0.4 is 9.62 Å². The molecule has 0 saturated carbocycles. The highest BCUT2D eigenvalue weighted by Crippen LogP contribution is 2.29. The third-order valence-corrected chi connectivity index (χ3v) is 8.46. The predicted octanol–water partition coefficient (Wildman–Crippen LogP) is 5.40. The van der Waals surface area contributed by atoms with Crippen molar-refractivity contribution < 1.29 is 18.0 Å². The maximum Gasteiger partial charge on any atom is 0.264 e. The SMILES string of the molecule is CC[C@H](C(=O)NC)N(Cc1c(Cl)cccc1Cl)C(=O)CN(c1cccc(Cl)c1)S(=O)(=O)c1ccccc1. The van der Waals surface area contributed by atoms with Gasteiger partial charge in [0.15, 0.2) is 0 Å². The van der Waals surface area contributed by atoms with Crippen molar-refractivity contribution in [1.82, 2.24) is 10.2 Å². The lowest BCUT2D eigenvalue weighted by atomic mass is 10.1. The summed E-state index contributed by atoms with van der Waals surface area (Å²) in [7, 11) is -2.71. The van der Waals surface area contributed by atoms with Gasteiger partial charge in [0.2, 0.25) is 11.8 Å². The van der Waals surface area contributed by atoms with Gasteiger partial charge >= 0.3 is 0 Å². The van der Waals surface area contributed by atoms with E-state index in [-0.39, 0.29) is 23.5 Å². The van der Waals surface area contributed by atoms with Gasteiger partial charge in [-0.25, -0.2) is 8.42 Å². The predicted molar refractivity (Wildman–Crippen MR) is 148 cm³/mol. The lowest BCUT2D eigenvalue weighted by Crippen LogP contribution is -2.51. The summed E-state index contributed by atoms with van der Waals surface area (Å²) in [5.74, 6) is -1.02. The summed E-state index contributed by atoms with van der Waals surface area (Å²) in [6.07, 6.45) is 0.274. The number of nitrogens with zero attached hydrogens (tertiary/aromatic N) is 2. The molecule has 0 aliphatic heterocycles. The van der Waals surface area contributed by atoms with Gasteiger partial charge in [0.1, 0.15) is 12.6 Å². The van der Waals surface area contributed by atoms with Crippen LogP contribution in [0.5, 0.6) is 0 Å². The number of benzene rings is 3. The molecule has 0 bridgehead atoms. The van der Waals surface area contributed by atoms with Crippen molar-refractivity contribution in [2.24, 2.45) is 0 Å². The van der Waals surface area contributed by atoms with E-state index in [1.54, 1.807) is 61.5 Å². The number of likely N-dealkylation sites (N-methyl/N-ethyl adjacent to an activating group) is 1. The summed E-state index contributed by atoms with van der Waals surface area (Å²) in [5.41, 5.74) is 0.648. The Balaban J connectivity index is 2.09. The van der Waals surface area contributed by atoms with Crippen LogP contribution in [-0.2, 0) is 26.2 Å². The van der Waals surface area contributed by atoms with Crippen LogP contribution in [0.3, 0.4) is 0 Å². The summed E-state index contributed by atoms with van der Waals surface area (Å²) in [5, 5.41) is 3.51. The van der Waals surface area contributed by atoms with E-state index in [2.05, 4.69) is 5.32 Å². The third-order valence-electron chi connectivity index (χ3n) is 5.73. The number of nitrogens with one attached hydrogen (secondary N) is 1. The second-order valence-corrected chi connectivity index (χ2v) is 11.2. The zero-order valence-corrected chi connectivity index (χ0v) is 23.3. The zero-order chi connectivity index (χ0) is 27.2. The highest BCUT2D eigenvalue weighted by atomic mass is 35.5. The molecule has 3 aromatic carbocycles. The fourth-order valence-corrected chi connectivity index (χ4v) is 5.95. The highest BCUT2D eigenvalue weighted by Gasteiger charge is 2.34. The quantitative estimate of drug-likeness (QED) is 0.347. The lowest BCUT2D eigenvalue weighted by Gasteiger charge is -2.33. The van der Waals surface area contributed by atoms with Crippen LogP contribution in [0, 0.1) is 0 Å². The Bertz CT molecular complexity index is 1350. The molecule has 1 atom stereocenters. The van der Waals surface area contributed by atoms with E-state index in [0.717, 1.165) is 4.31 Å². The van der Waals surface area contributed by atoms with E-state index in [1.165, 1.54) is 30.1 Å². The molecule has 7 nitrogen and oxygen atoms in total. The van der Waals surface area contributed by atoms with Crippen LogP contribution in [0.1, 0.15) is 18.9 Å². The van der Waals surface area contributed by atoms with Crippen LogP contribution in [0.15, 0.2) is 77.7 Å². The highest BCUT2D eigenvalue weighted by molar-refractivity contribution is 7.92. The molecule has 37 heavy (non-hydrogen) atoms. The van der Waals surface area contributed by atoms with E-state index in [0.29, 0.717) is 20.6 Å². The molecule has 3 rings (SSSR count). The number of carbonyl (C=O) groups is 2. The van der Waals surface area contributed by atoms with Crippen LogP contribution in [0.25, 0.3) is 0 Å². The van der Waals surface area contributed by atoms with Gasteiger partial charge in [-0.15, -0.1) is 0 Å².